The summed E-state index contributed by atoms with van der Waals surface area (Å²) in [4.78, 5) is 40.0. The van der Waals surface area contributed by atoms with E-state index >= 15 is 0 Å². The van der Waals surface area contributed by atoms with E-state index in [-0.39, 0.29) is 28.2 Å². The number of benzene rings is 1. The number of fused-ring (bicyclic) bond motifs is 3. The van der Waals surface area contributed by atoms with Gasteiger partial charge >= 0.3 is 0 Å². The maximum Gasteiger partial charge on any atom is 0.190 e. The van der Waals surface area contributed by atoms with Gasteiger partial charge in [-0.1, -0.05) is 37.1 Å². The summed E-state index contributed by atoms with van der Waals surface area (Å²) in [6.07, 6.45) is 2.28. The molecule has 0 amide bonds. The molecule has 0 spiro atoms. The van der Waals surface area contributed by atoms with Crippen molar-refractivity contribution in [2.75, 3.05) is 0 Å². The first kappa shape index (κ1) is 21.0. The molecule has 0 radical (unpaired) electrons. The summed E-state index contributed by atoms with van der Waals surface area (Å²) < 4.78 is 0. The van der Waals surface area contributed by atoms with Crippen LogP contribution in [-0.4, -0.2) is 17.3 Å². The molecule has 3 aliphatic carbocycles. The van der Waals surface area contributed by atoms with E-state index in [0.29, 0.717) is 12.0 Å². The van der Waals surface area contributed by atoms with Crippen molar-refractivity contribution in [3.8, 4) is 0 Å². The number of carbonyl (C=O) groups is 3. The zero-order valence-electron chi connectivity index (χ0n) is 19.5. The SMILES string of the molecule is CC(=O)C1=C(C)CC2(C)CC3(C)Cc4ccc(C)c(C)c4C(=O)C3=C(C)C2(C)C1=O. The van der Waals surface area contributed by atoms with E-state index < -0.39 is 5.41 Å². The molecule has 3 atom stereocenters. The lowest BCUT2D eigenvalue weighted by Gasteiger charge is -2.59. The number of carbonyl (C=O) groups excluding carboxylic acids is 3. The van der Waals surface area contributed by atoms with Gasteiger partial charge in [-0.25, -0.2) is 0 Å². The third-order valence-electron chi connectivity index (χ3n) is 8.69. The Labute approximate surface area is 179 Å². The van der Waals surface area contributed by atoms with Crippen molar-refractivity contribution in [2.45, 2.75) is 74.7 Å². The minimum absolute atomic E-state index is 0.0733. The lowest BCUT2D eigenvalue weighted by molar-refractivity contribution is -0.134. The van der Waals surface area contributed by atoms with Crippen LogP contribution in [0.15, 0.2) is 34.4 Å². The van der Waals surface area contributed by atoms with Crippen molar-refractivity contribution in [2.24, 2.45) is 16.2 Å². The molecule has 0 heterocycles. The Morgan fingerprint density at radius 2 is 1.60 bits per heavy atom. The molecule has 3 aliphatic rings. The average Bonchev–Trinajstić information content (AvgIpc) is 2.60. The maximum absolute atomic E-state index is 13.9. The first-order valence-electron chi connectivity index (χ1n) is 10.9. The average molecular weight is 405 g/mol. The Kier molecular flexibility index (Phi) is 4.28. The third kappa shape index (κ3) is 2.35. The summed E-state index contributed by atoms with van der Waals surface area (Å²) in [7, 11) is 0. The van der Waals surface area contributed by atoms with Crippen LogP contribution in [-0.2, 0) is 16.0 Å². The largest absolute Gasteiger partial charge is 0.294 e. The molecule has 3 unspecified atom stereocenters. The van der Waals surface area contributed by atoms with E-state index in [1.165, 1.54) is 6.92 Å². The highest BCUT2D eigenvalue weighted by atomic mass is 16.2. The van der Waals surface area contributed by atoms with Crippen molar-refractivity contribution < 1.29 is 14.4 Å². The fourth-order valence-corrected chi connectivity index (χ4v) is 7.02. The first-order valence-corrected chi connectivity index (χ1v) is 10.9. The standard InChI is InChI=1S/C27H32O3/c1-14-9-10-19-12-25(6)13-26(7)11-15(2)20(18(5)28)24(30)27(26,8)17(4)22(25)23(29)21(19)16(14)3/h9-10H,11-13H2,1-8H3. The molecule has 1 aromatic rings. The van der Waals surface area contributed by atoms with E-state index in [4.69, 9.17) is 0 Å². The predicted molar refractivity (Wildman–Crippen MR) is 119 cm³/mol. The van der Waals surface area contributed by atoms with Gasteiger partial charge in [-0.05, 0) is 82.9 Å². The van der Waals surface area contributed by atoms with Crippen LogP contribution in [0.3, 0.4) is 0 Å². The van der Waals surface area contributed by atoms with Gasteiger partial charge in [-0.15, -0.1) is 0 Å². The number of ketones is 3. The fraction of sp³-hybridized carbons (Fsp3) is 0.519. The lowest BCUT2D eigenvalue weighted by Crippen LogP contribution is -2.57. The fourth-order valence-electron chi connectivity index (χ4n) is 7.02. The van der Waals surface area contributed by atoms with Crippen LogP contribution < -0.4 is 0 Å². The molecular weight excluding hydrogens is 372 g/mol. The van der Waals surface area contributed by atoms with Crippen molar-refractivity contribution in [3.05, 3.63) is 56.7 Å². The molecule has 0 fully saturated rings. The van der Waals surface area contributed by atoms with Crippen LogP contribution in [0.2, 0.25) is 0 Å². The highest BCUT2D eigenvalue weighted by Gasteiger charge is 2.63. The number of hydrogen-bond acceptors (Lipinski definition) is 3. The molecule has 0 bridgehead atoms. The van der Waals surface area contributed by atoms with E-state index in [0.717, 1.165) is 51.8 Å². The zero-order valence-corrected chi connectivity index (χ0v) is 19.5. The van der Waals surface area contributed by atoms with Crippen LogP contribution in [0.25, 0.3) is 0 Å². The minimum atomic E-state index is -0.840. The predicted octanol–water partition coefficient (Wildman–Crippen LogP) is 5.66. The minimum Gasteiger partial charge on any atom is -0.294 e. The second kappa shape index (κ2) is 6.12. The van der Waals surface area contributed by atoms with Gasteiger partial charge in [0.15, 0.2) is 17.3 Å². The van der Waals surface area contributed by atoms with Gasteiger partial charge in [0.25, 0.3) is 0 Å². The lowest BCUT2D eigenvalue weighted by atomic mass is 9.42. The highest BCUT2D eigenvalue weighted by Crippen LogP contribution is 2.66. The van der Waals surface area contributed by atoms with E-state index in [2.05, 4.69) is 26.0 Å². The molecule has 0 N–H and O–H groups in total. The Morgan fingerprint density at radius 3 is 2.20 bits per heavy atom. The van der Waals surface area contributed by atoms with Gasteiger partial charge in [0, 0.05) is 16.6 Å². The monoisotopic (exact) mass is 404 g/mol. The van der Waals surface area contributed by atoms with Gasteiger partial charge in [0.05, 0.1) is 11.0 Å². The molecule has 158 valence electrons. The first-order chi connectivity index (χ1) is 13.8. The van der Waals surface area contributed by atoms with Gasteiger partial charge in [0.2, 0.25) is 0 Å². The summed E-state index contributed by atoms with van der Waals surface area (Å²) >= 11 is 0. The van der Waals surface area contributed by atoms with Gasteiger partial charge in [0.1, 0.15) is 0 Å². The van der Waals surface area contributed by atoms with Gasteiger partial charge in [-0.3, -0.25) is 14.4 Å². The number of rotatable bonds is 1. The van der Waals surface area contributed by atoms with E-state index in [9.17, 15) is 14.4 Å². The van der Waals surface area contributed by atoms with Crippen LogP contribution in [0.1, 0.15) is 81.4 Å². The molecule has 0 saturated carbocycles. The summed E-state index contributed by atoms with van der Waals surface area (Å²) in [6.45, 7) is 15.8. The second-order valence-corrected chi connectivity index (χ2v) is 10.7. The summed E-state index contributed by atoms with van der Waals surface area (Å²) in [5, 5.41) is 0. The van der Waals surface area contributed by atoms with Crippen molar-refractivity contribution in [1.29, 1.82) is 0 Å². The number of Topliss-reactive ketones (excluding diaryl/α,β-unsaturated/α-hetero) is 3. The van der Waals surface area contributed by atoms with E-state index in [1.54, 1.807) is 0 Å². The third-order valence-corrected chi connectivity index (χ3v) is 8.69. The quantitative estimate of drug-likeness (QED) is 0.568. The molecule has 4 rings (SSSR count). The van der Waals surface area contributed by atoms with E-state index in [1.807, 2.05) is 34.6 Å². The van der Waals surface area contributed by atoms with Gasteiger partial charge < -0.3 is 0 Å². The summed E-state index contributed by atoms with van der Waals surface area (Å²) in [5.41, 5.74) is 5.51. The van der Waals surface area contributed by atoms with Crippen molar-refractivity contribution >= 4 is 17.3 Å². The van der Waals surface area contributed by atoms with Crippen molar-refractivity contribution in [3.63, 3.8) is 0 Å². The molecule has 0 aliphatic heterocycles. The highest BCUT2D eigenvalue weighted by molar-refractivity contribution is 6.24. The van der Waals surface area contributed by atoms with Crippen molar-refractivity contribution in [1.82, 2.24) is 0 Å². The number of hydrogen-bond donors (Lipinski definition) is 0. The molecule has 30 heavy (non-hydrogen) atoms. The Hall–Kier alpha value is -2.29. The van der Waals surface area contributed by atoms with Crippen LogP contribution in [0.5, 0.6) is 0 Å². The molecule has 0 aromatic heterocycles. The smallest absolute Gasteiger partial charge is 0.190 e. The second-order valence-electron chi connectivity index (χ2n) is 10.7. The molecule has 1 aromatic carbocycles. The van der Waals surface area contributed by atoms with Crippen LogP contribution in [0, 0.1) is 30.1 Å². The Morgan fingerprint density at radius 1 is 0.967 bits per heavy atom. The Balaban J connectivity index is 2.02. The molecule has 3 nitrogen and oxygen atoms in total. The number of aryl methyl sites for hydroxylation is 1. The molecular formula is C27H32O3. The molecule has 3 heteroatoms. The summed E-state index contributed by atoms with van der Waals surface area (Å²) in [5.74, 6) is -0.198. The van der Waals surface area contributed by atoms with Gasteiger partial charge in [-0.2, -0.15) is 0 Å². The number of allylic oxidation sites excluding steroid dienone is 4. The van der Waals surface area contributed by atoms with Crippen LogP contribution in [0.4, 0.5) is 0 Å². The normalized spacial score (nSPS) is 33.3. The topological polar surface area (TPSA) is 51.2 Å². The van der Waals surface area contributed by atoms with Crippen LogP contribution >= 0.6 is 0 Å². The zero-order chi connectivity index (χ0) is 22.4. The Bertz CT molecular complexity index is 1120. The summed E-state index contributed by atoms with van der Waals surface area (Å²) in [6, 6.07) is 4.21. The maximum atomic E-state index is 13.9. The molecule has 0 saturated heterocycles.